The normalized spacial score (nSPS) is 16.6. The Balaban J connectivity index is 3.22. The Bertz CT molecular complexity index is 366. The second kappa shape index (κ2) is 5.04. The van der Waals surface area contributed by atoms with Gasteiger partial charge in [0.25, 0.3) is 0 Å². The van der Waals surface area contributed by atoms with E-state index in [9.17, 15) is 0 Å². The van der Waals surface area contributed by atoms with Crippen LogP contribution in [-0.2, 0) is 5.04 Å². The van der Waals surface area contributed by atoms with Crippen molar-refractivity contribution < 1.29 is 0 Å². The van der Waals surface area contributed by atoms with Crippen LogP contribution < -0.4 is 0 Å². The van der Waals surface area contributed by atoms with Crippen molar-refractivity contribution in [3.8, 4) is 0 Å². The number of hydrogen-bond acceptors (Lipinski definition) is 0. The second-order valence-electron chi connectivity index (χ2n) is 6.23. The number of rotatable bonds is 4. The van der Waals surface area contributed by atoms with E-state index in [1.807, 2.05) is 0 Å². The molecule has 17 heavy (non-hydrogen) atoms. The summed E-state index contributed by atoms with van der Waals surface area (Å²) in [6.07, 6.45) is 1.26. The van der Waals surface area contributed by atoms with E-state index < -0.39 is 5.57 Å². The lowest BCUT2D eigenvalue weighted by Gasteiger charge is -2.48. The maximum absolute atomic E-state index is 2.80. The largest absolute Gasteiger partial charge is 0.138 e. The molecule has 2 heteroatoms. The third kappa shape index (κ3) is 2.62. The average molecular weight is 360 g/mol. The van der Waals surface area contributed by atoms with Gasteiger partial charge >= 0.3 is 0 Å². The highest BCUT2D eigenvalue weighted by Crippen LogP contribution is 2.54. The summed E-state index contributed by atoms with van der Waals surface area (Å²) in [5.41, 5.74) is 0.0614. The summed E-state index contributed by atoms with van der Waals surface area (Å²) in [7, 11) is 0. The molecule has 0 aliphatic rings. The molecular formula is C15H25ISi. The van der Waals surface area contributed by atoms with Crippen LogP contribution in [0.15, 0.2) is 30.3 Å². The second-order valence-corrected chi connectivity index (χ2v) is 17.3. The lowest BCUT2D eigenvalue weighted by atomic mass is 10.0. The summed E-state index contributed by atoms with van der Waals surface area (Å²) in [4.78, 5) is 0. The molecule has 0 nitrogen and oxygen atoms in total. The molecule has 1 aromatic rings. The van der Waals surface area contributed by atoms with Crippen LogP contribution >= 0.6 is 21.8 Å². The molecule has 0 heterocycles. The smallest absolute Gasteiger partial charge is 0.117 e. The Morgan fingerprint density at radius 2 is 1.53 bits per heavy atom. The van der Waals surface area contributed by atoms with Gasteiger partial charge in [0.15, 0.2) is 0 Å². The van der Waals surface area contributed by atoms with Gasteiger partial charge in [-0.25, -0.2) is 0 Å². The van der Waals surface area contributed by atoms with Crippen molar-refractivity contribution in [3.05, 3.63) is 35.9 Å². The van der Waals surface area contributed by atoms with E-state index in [1.54, 1.807) is 0 Å². The van der Waals surface area contributed by atoms with Crippen molar-refractivity contribution in [3.63, 3.8) is 0 Å². The lowest BCUT2D eigenvalue weighted by Crippen LogP contribution is -2.52. The SMILES string of the molecule is CCC(C)(C)[Si](C)(I)C(C)(C)c1ccccc1. The predicted molar refractivity (Wildman–Crippen MR) is 89.4 cm³/mol. The fraction of sp³-hybridized carbons (Fsp3) is 0.600. The van der Waals surface area contributed by atoms with Crippen molar-refractivity contribution in [2.24, 2.45) is 0 Å². The first-order valence-corrected chi connectivity index (χ1v) is 12.0. The first-order valence-electron chi connectivity index (χ1n) is 6.41. The highest BCUT2D eigenvalue weighted by Gasteiger charge is 2.51. The van der Waals surface area contributed by atoms with Crippen molar-refractivity contribution in [2.45, 2.75) is 57.7 Å². The Kier molecular flexibility index (Phi) is 4.51. The average Bonchev–Trinajstić information content (AvgIpc) is 2.29. The van der Waals surface area contributed by atoms with E-state index in [0.29, 0.717) is 10.1 Å². The van der Waals surface area contributed by atoms with Gasteiger partial charge in [0.05, 0.1) is 0 Å². The molecule has 96 valence electrons. The van der Waals surface area contributed by atoms with Gasteiger partial charge in [-0.2, -0.15) is 0 Å². The van der Waals surface area contributed by atoms with Gasteiger partial charge < -0.3 is 0 Å². The molecule has 0 aromatic heterocycles. The van der Waals surface area contributed by atoms with E-state index in [0.717, 1.165) is 0 Å². The molecule has 0 N–H and O–H groups in total. The third-order valence-electron chi connectivity index (χ3n) is 4.82. The zero-order valence-corrected chi connectivity index (χ0v) is 15.1. The standard InChI is InChI=1S/C15H25ISi/c1-7-14(2,3)17(6,16)15(4,5)13-11-9-8-10-12-13/h8-12H,7H2,1-6H3. The monoisotopic (exact) mass is 360 g/mol. The van der Waals surface area contributed by atoms with Crippen LogP contribution in [-0.4, -0.2) is 5.57 Å². The molecule has 0 bridgehead atoms. The highest BCUT2D eigenvalue weighted by molar-refractivity contribution is 14.1. The molecule has 0 amide bonds. The van der Waals surface area contributed by atoms with Gasteiger partial charge in [0.2, 0.25) is 0 Å². The number of halogens is 1. The van der Waals surface area contributed by atoms with Gasteiger partial charge in [-0.05, 0) is 15.6 Å². The molecule has 0 radical (unpaired) electrons. The Morgan fingerprint density at radius 3 is 1.94 bits per heavy atom. The van der Waals surface area contributed by atoms with Gasteiger partial charge in [0, 0.05) is 0 Å². The molecular weight excluding hydrogens is 335 g/mol. The maximum Gasteiger partial charge on any atom is 0.138 e. The first kappa shape index (κ1) is 15.2. The molecule has 0 fully saturated rings. The summed E-state index contributed by atoms with van der Waals surface area (Å²) < 4.78 is 0. The first-order chi connectivity index (χ1) is 7.67. The third-order valence-corrected chi connectivity index (χ3v) is 18.8. The molecule has 1 aromatic carbocycles. The predicted octanol–water partition coefficient (Wildman–Crippen LogP) is 5.70. The summed E-state index contributed by atoms with van der Waals surface area (Å²) in [6, 6.07) is 11.0. The summed E-state index contributed by atoms with van der Waals surface area (Å²) in [5.74, 6) is 0. The molecule has 0 aliphatic heterocycles. The lowest BCUT2D eigenvalue weighted by molar-refractivity contribution is 0.581. The zero-order valence-electron chi connectivity index (χ0n) is 12.0. The van der Waals surface area contributed by atoms with Gasteiger partial charge in [-0.15, -0.1) is 21.8 Å². The van der Waals surface area contributed by atoms with E-state index in [2.05, 4.69) is 93.3 Å². The molecule has 1 rings (SSSR count). The Labute approximate surface area is 120 Å². The van der Waals surface area contributed by atoms with Gasteiger partial charge in [-0.3, -0.25) is 0 Å². The van der Waals surface area contributed by atoms with Crippen molar-refractivity contribution in [1.82, 2.24) is 0 Å². The molecule has 0 saturated heterocycles. The summed E-state index contributed by atoms with van der Waals surface area (Å²) in [6.45, 7) is 14.6. The van der Waals surface area contributed by atoms with Crippen LogP contribution in [0, 0.1) is 0 Å². The molecule has 0 aliphatic carbocycles. The minimum Gasteiger partial charge on any atom is -0.117 e. The van der Waals surface area contributed by atoms with Crippen LogP contribution in [0.4, 0.5) is 0 Å². The summed E-state index contributed by atoms with van der Waals surface area (Å²) >= 11 is 2.80. The Morgan fingerprint density at radius 1 is 1.06 bits per heavy atom. The van der Waals surface area contributed by atoms with E-state index in [-0.39, 0.29) is 0 Å². The molecule has 1 unspecified atom stereocenters. The van der Waals surface area contributed by atoms with E-state index in [1.165, 1.54) is 12.0 Å². The topological polar surface area (TPSA) is 0 Å². The van der Waals surface area contributed by atoms with Crippen molar-refractivity contribution in [2.75, 3.05) is 0 Å². The van der Waals surface area contributed by atoms with Crippen LogP contribution in [0.3, 0.4) is 0 Å². The highest BCUT2D eigenvalue weighted by atomic mass is 127. The molecule has 1 atom stereocenters. The van der Waals surface area contributed by atoms with Crippen molar-refractivity contribution >= 4 is 27.4 Å². The quantitative estimate of drug-likeness (QED) is 0.367. The van der Waals surface area contributed by atoms with Gasteiger partial charge in [0.1, 0.15) is 5.57 Å². The minimum absolute atomic E-state index is 0.300. The molecule has 0 spiro atoms. The van der Waals surface area contributed by atoms with Gasteiger partial charge in [-0.1, -0.05) is 77.9 Å². The number of benzene rings is 1. The fourth-order valence-corrected chi connectivity index (χ4v) is 7.45. The number of hydrogen-bond donors (Lipinski definition) is 0. The van der Waals surface area contributed by atoms with Crippen molar-refractivity contribution in [1.29, 1.82) is 0 Å². The van der Waals surface area contributed by atoms with Crippen LogP contribution in [0.25, 0.3) is 0 Å². The van der Waals surface area contributed by atoms with Crippen LogP contribution in [0.2, 0.25) is 11.6 Å². The maximum atomic E-state index is 2.80. The van der Waals surface area contributed by atoms with E-state index in [4.69, 9.17) is 0 Å². The molecule has 0 saturated carbocycles. The van der Waals surface area contributed by atoms with E-state index >= 15 is 0 Å². The summed E-state index contributed by atoms with van der Waals surface area (Å²) in [5, 5.41) is 0.751. The van der Waals surface area contributed by atoms with Crippen LogP contribution in [0.1, 0.15) is 46.6 Å². The Hall–Kier alpha value is 0.167. The zero-order chi connectivity index (χ0) is 13.3. The fourth-order valence-electron chi connectivity index (χ4n) is 2.30. The minimum atomic E-state index is -1.43. The van der Waals surface area contributed by atoms with Crippen LogP contribution in [0.5, 0.6) is 0 Å².